The molecule has 0 spiro atoms. The van der Waals surface area contributed by atoms with E-state index < -0.39 is 12.7 Å². The molecule has 0 aliphatic rings. The maximum atomic E-state index is 12.4. The normalized spacial score (nSPS) is 14.6. The molecule has 0 saturated heterocycles. The first-order valence-corrected chi connectivity index (χ1v) is 6.31. The zero-order valence-corrected chi connectivity index (χ0v) is 11.3. The lowest BCUT2D eigenvalue weighted by Crippen LogP contribution is -2.44. The van der Waals surface area contributed by atoms with Crippen molar-refractivity contribution in [1.82, 2.24) is 10.2 Å². The van der Waals surface area contributed by atoms with Gasteiger partial charge in [-0.2, -0.15) is 13.2 Å². The van der Waals surface area contributed by atoms with Crippen molar-refractivity contribution >= 4 is 0 Å². The second-order valence-corrected chi connectivity index (χ2v) is 4.73. The highest BCUT2D eigenvalue weighted by molar-refractivity contribution is 4.74. The Morgan fingerprint density at radius 1 is 1.18 bits per heavy atom. The molecule has 0 aliphatic heterocycles. The molecule has 0 radical (unpaired) electrons. The fraction of sp³-hybridized carbons (Fsp3) is 1.00. The first kappa shape index (κ1) is 16.7. The smallest absolute Gasteiger partial charge is 0.317 e. The zero-order valence-electron chi connectivity index (χ0n) is 11.3. The van der Waals surface area contributed by atoms with Crippen molar-refractivity contribution in [2.24, 2.45) is 0 Å². The van der Waals surface area contributed by atoms with Crippen LogP contribution in [0.15, 0.2) is 0 Å². The van der Waals surface area contributed by atoms with Crippen molar-refractivity contribution < 1.29 is 13.2 Å². The van der Waals surface area contributed by atoms with Gasteiger partial charge >= 0.3 is 6.18 Å². The Morgan fingerprint density at radius 2 is 1.76 bits per heavy atom. The van der Waals surface area contributed by atoms with Crippen LogP contribution in [0, 0.1) is 0 Å². The Labute approximate surface area is 103 Å². The summed E-state index contributed by atoms with van der Waals surface area (Å²) in [7, 11) is 0. The molecule has 0 aromatic carbocycles. The number of hydrogen-bond donors (Lipinski definition) is 1. The van der Waals surface area contributed by atoms with Crippen LogP contribution in [0.5, 0.6) is 0 Å². The zero-order chi connectivity index (χ0) is 13.5. The number of halogens is 3. The molecule has 0 amide bonds. The predicted molar refractivity (Wildman–Crippen MR) is 65.1 cm³/mol. The van der Waals surface area contributed by atoms with E-state index in [1.54, 1.807) is 0 Å². The molecule has 0 saturated carbocycles. The third kappa shape index (κ3) is 8.44. The first-order valence-electron chi connectivity index (χ1n) is 6.31. The monoisotopic (exact) mass is 254 g/mol. The van der Waals surface area contributed by atoms with Gasteiger partial charge in [-0.05, 0) is 46.7 Å². The maximum Gasteiger partial charge on any atom is 0.401 e. The van der Waals surface area contributed by atoms with Gasteiger partial charge in [0.25, 0.3) is 0 Å². The first-order chi connectivity index (χ1) is 7.78. The fourth-order valence-corrected chi connectivity index (χ4v) is 1.92. The largest absolute Gasteiger partial charge is 0.401 e. The van der Waals surface area contributed by atoms with E-state index in [1.807, 2.05) is 27.7 Å². The molecule has 1 atom stereocenters. The van der Waals surface area contributed by atoms with E-state index >= 15 is 0 Å². The Kier molecular flexibility index (Phi) is 7.79. The fourth-order valence-electron chi connectivity index (χ4n) is 1.92. The molecule has 0 rings (SSSR count). The van der Waals surface area contributed by atoms with Crippen molar-refractivity contribution in [3.63, 3.8) is 0 Å². The maximum absolute atomic E-state index is 12.4. The summed E-state index contributed by atoms with van der Waals surface area (Å²) in [6, 6.07) is -0.110. The van der Waals surface area contributed by atoms with Crippen molar-refractivity contribution in [3.05, 3.63) is 0 Å². The van der Waals surface area contributed by atoms with Crippen LogP contribution >= 0.6 is 0 Å². The van der Waals surface area contributed by atoms with Gasteiger partial charge in [-0.25, -0.2) is 0 Å². The molecule has 0 bridgehead atoms. The summed E-state index contributed by atoms with van der Waals surface area (Å²) >= 11 is 0. The van der Waals surface area contributed by atoms with Crippen LogP contribution in [0.1, 0.15) is 40.5 Å². The molecule has 104 valence electrons. The van der Waals surface area contributed by atoms with Gasteiger partial charge in [0.2, 0.25) is 0 Å². The summed E-state index contributed by atoms with van der Waals surface area (Å²) in [6.45, 7) is 8.49. The predicted octanol–water partition coefficient (Wildman–Crippen LogP) is 3.04. The van der Waals surface area contributed by atoms with Crippen molar-refractivity contribution in [3.8, 4) is 0 Å². The summed E-state index contributed by atoms with van der Waals surface area (Å²) in [6.07, 6.45) is -2.41. The van der Waals surface area contributed by atoms with E-state index in [-0.39, 0.29) is 12.1 Å². The molecule has 0 aromatic rings. The molecule has 1 N–H and O–H groups in total. The lowest BCUT2D eigenvalue weighted by molar-refractivity contribution is -0.154. The third-order valence-electron chi connectivity index (χ3n) is 2.82. The summed E-state index contributed by atoms with van der Waals surface area (Å²) < 4.78 is 37.2. The second kappa shape index (κ2) is 7.93. The molecule has 0 heterocycles. The van der Waals surface area contributed by atoms with E-state index in [9.17, 15) is 13.2 Å². The van der Waals surface area contributed by atoms with Gasteiger partial charge < -0.3 is 5.32 Å². The SMILES string of the molecule is CCNCCCC(C)N(CC(F)(F)F)C(C)C. The molecule has 1 unspecified atom stereocenters. The third-order valence-corrected chi connectivity index (χ3v) is 2.82. The van der Waals surface area contributed by atoms with Gasteiger partial charge in [0.1, 0.15) is 0 Å². The van der Waals surface area contributed by atoms with Crippen molar-refractivity contribution in [2.75, 3.05) is 19.6 Å². The van der Waals surface area contributed by atoms with Gasteiger partial charge in [0, 0.05) is 12.1 Å². The van der Waals surface area contributed by atoms with Gasteiger partial charge in [-0.1, -0.05) is 6.92 Å². The highest BCUT2D eigenvalue weighted by Crippen LogP contribution is 2.21. The van der Waals surface area contributed by atoms with Crippen LogP contribution < -0.4 is 5.32 Å². The minimum Gasteiger partial charge on any atom is -0.317 e. The van der Waals surface area contributed by atoms with Crippen molar-refractivity contribution in [1.29, 1.82) is 0 Å². The Balaban J connectivity index is 4.11. The van der Waals surface area contributed by atoms with Gasteiger partial charge in [-0.3, -0.25) is 4.90 Å². The van der Waals surface area contributed by atoms with E-state index in [0.717, 1.165) is 25.9 Å². The van der Waals surface area contributed by atoms with Crippen LogP contribution in [0.4, 0.5) is 13.2 Å². The van der Waals surface area contributed by atoms with Crippen LogP contribution in [-0.4, -0.2) is 42.8 Å². The molecule has 0 fully saturated rings. The summed E-state index contributed by atoms with van der Waals surface area (Å²) in [5, 5.41) is 3.18. The summed E-state index contributed by atoms with van der Waals surface area (Å²) in [4.78, 5) is 1.52. The van der Waals surface area contributed by atoms with Crippen LogP contribution in [0.3, 0.4) is 0 Å². The highest BCUT2D eigenvalue weighted by atomic mass is 19.4. The van der Waals surface area contributed by atoms with E-state index in [4.69, 9.17) is 0 Å². The van der Waals surface area contributed by atoms with Crippen LogP contribution in [-0.2, 0) is 0 Å². The molecule has 0 aromatic heterocycles. The number of nitrogens with zero attached hydrogens (tertiary/aromatic N) is 1. The van der Waals surface area contributed by atoms with E-state index in [1.165, 1.54) is 4.90 Å². The van der Waals surface area contributed by atoms with Gasteiger partial charge in [0.05, 0.1) is 6.54 Å². The highest BCUT2D eigenvalue weighted by Gasteiger charge is 2.33. The minimum atomic E-state index is -4.11. The Bertz CT molecular complexity index is 193. The molecule has 0 aliphatic carbocycles. The van der Waals surface area contributed by atoms with Crippen molar-refractivity contribution in [2.45, 2.75) is 58.8 Å². The van der Waals surface area contributed by atoms with Gasteiger partial charge in [0.15, 0.2) is 0 Å². The second-order valence-electron chi connectivity index (χ2n) is 4.73. The number of rotatable bonds is 8. The molecular weight excluding hydrogens is 229 g/mol. The molecular formula is C12H25F3N2. The lowest BCUT2D eigenvalue weighted by Gasteiger charge is -2.33. The molecule has 17 heavy (non-hydrogen) atoms. The quantitative estimate of drug-likeness (QED) is 0.670. The molecule has 2 nitrogen and oxygen atoms in total. The number of hydrogen-bond acceptors (Lipinski definition) is 2. The Hall–Kier alpha value is -0.290. The van der Waals surface area contributed by atoms with Crippen LogP contribution in [0.2, 0.25) is 0 Å². The lowest BCUT2D eigenvalue weighted by atomic mass is 10.1. The topological polar surface area (TPSA) is 15.3 Å². The summed E-state index contributed by atoms with van der Waals surface area (Å²) in [5.41, 5.74) is 0. The minimum absolute atomic E-state index is 0.0321. The number of alkyl halides is 3. The summed E-state index contributed by atoms with van der Waals surface area (Å²) in [5.74, 6) is 0. The average molecular weight is 254 g/mol. The molecule has 5 heteroatoms. The van der Waals surface area contributed by atoms with E-state index in [2.05, 4.69) is 5.32 Å². The van der Waals surface area contributed by atoms with Gasteiger partial charge in [-0.15, -0.1) is 0 Å². The number of nitrogens with one attached hydrogen (secondary N) is 1. The Morgan fingerprint density at radius 3 is 2.18 bits per heavy atom. The standard InChI is InChI=1S/C12H25F3N2/c1-5-16-8-6-7-11(4)17(10(2)3)9-12(13,14)15/h10-11,16H,5-9H2,1-4H3. The van der Waals surface area contributed by atoms with E-state index in [0.29, 0.717) is 0 Å². The average Bonchev–Trinajstić information content (AvgIpc) is 2.19. The van der Waals surface area contributed by atoms with Crippen LogP contribution in [0.25, 0.3) is 0 Å².